The third-order valence-corrected chi connectivity index (χ3v) is 8.14. The number of nitrogens with one attached hydrogen (secondary N) is 1. The van der Waals surface area contributed by atoms with Gasteiger partial charge in [0, 0.05) is 28.7 Å². The van der Waals surface area contributed by atoms with Gasteiger partial charge < -0.3 is 14.8 Å². The number of ether oxygens (including phenoxy) is 2. The van der Waals surface area contributed by atoms with Crippen LogP contribution in [0, 0.1) is 5.92 Å². The second-order valence-electron chi connectivity index (χ2n) is 8.03. The normalized spacial score (nSPS) is 17.9. The van der Waals surface area contributed by atoms with Crippen LogP contribution in [0.2, 0.25) is 10.0 Å². The Morgan fingerprint density at radius 1 is 1.18 bits per heavy atom. The van der Waals surface area contributed by atoms with E-state index in [-0.39, 0.29) is 24.2 Å². The molecule has 2 aromatic rings. The molecule has 0 unspecified atom stereocenters. The zero-order chi connectivity index (χ0) is 24.2. The van der Waals surface area contributed by atoms with E-state index in [9.17, 15) is 13.2 Å². The molecule has 2 aromatic carbocycles. The van der Waals surface area contributed by atoms with Crippen LogP contribution in [0.4, 0.5) is 0 Å². The molecule has 10 heteroatoms. The number of piperidine rings is 1. The molecule has 1 saturated heterocycles. The number of rotatable bonds is 8. The SMILES string of the molecule is COc1ccc(OC)c([C@@H](C)NC(=O)[C@@H]2CCCN(S(=O)(=O)Cc3ccc(Cl)cc3Cl)C2)c1. The molecule has 0 aromatic heterocycles. The Labute approximate surface area is 205 Å². The highest BCUT2D eigenvalue weighted by molar-refractivity contribution is 7.88. The van der Waals surface area contributed by atoms with Crippen LogP contribution in [0.1, 0.15) is 36.9 Å². The van der Waals surface area contributed by atoms with E-state index in [1.165, 1.54) is 10.4 Å². The van der Waals surface area contributed by atoms with Gasteiger partial charge in [-0.1, -0.05) is 29.3 Å². The van der Waals surface area contributed by atoms with Crippen molar-refractivity contribution in [3.8, 4) is 11.5 Å². The van der Waals surface area contributed by atoms with Gasteiger partial charge in [0.15, 0.2) is 0 Å². The lowest BCUT2D eigenvalue weighted by molar-refractivity contribution is -0.126. The fourth-order valence-corrected chi connectivity index (χ4v) is 6.12. The molecule has 3 rings (SSSR count). The molecule has 33 heavy (non-hydrogen) atoms. The van der Waals surface area contributed by atoms with Crippen molar-refractivity contribution in [2.24, 2.45) is 5.92 Å². The molecule has 0 radical (unpaired) electrons. The minimum absolute atomic E-state index is 0.126. The molecule has 1 aliphatic rings. The van der Waals surface area contributed by atoms with E-state index in [1.54, 1.807) is 38.5 Å². The zero-order valence-corrected chi connectivity index (χ0v) is 21.1. The molecule has 0 spiro atoms. The minimum atomic E-state index is -3.65. The van der Waals surface area contributed by atoms with Crippen molar-refractivity contribution in [2.45, 2.75) is 31.6 Å². The lowest BCUT2D eigenvalue weighted by Crippen LogP contribution is -2.46. The van der Waals surface area contributed by atoms with Crippen LogP contribution in [0.5, 0.6) is 11.5 Å². The van der Waals surface area contributed by atoms with Gasteiger partial charge >= 0.3 is 0 Å². The molecule has 1 aliphatic heterocycles. The van der Waals surface area contributed by atoms with Gasteiger partial charge in [-0.25, -0.2) is 12.7 Å². The summed E-state index contributed by atoms with van der Waals surface area (Å²) in [5.41, 5.74) is 1.26. The zero-order valence-electron chi connectivity index (χ0n) is 18.8. The number of methoxy groups -OCH3 is 2. The topological polar surface area (TPSA) is 84.9 Å². The minimum Gasteiger partial charge on any atom is -0.497 e. The number of amides is 1. The highest BCUT2D eigenvalue weighted by Crippen LogP contribution is 2.30. The molecule has 0 aliphatic carbocycles. The molecule has 1 heterocycles. The van der Waals surface area contributed by atoms with Crippen LogP contribution in [0.25, 0.3) is 0 Å². The number of sulfonamides is 1. The third kappa shape index (κ3) is 6.32. The fraction of sp³-hybridized carbons (Fsp3) is 0.435. The summed E-state index contributed by atoms with van der Waals surface area (Å²) in [6.07, 6.45) is 1.21. The number of carbonyl (C=O) groups is 1. The number of carbonyl (C=O) groups excluding carboxylic acids is 1. The number of halogens is 2. The van der Waals surface area contributed by atoms with Crippen molar-refractivity contribution >= 4 is 39.1 Å². The summed E-state index contributed by atoms with van der Waals surface area (Å²) in [6, 6.07) is 9.79. The van der Waals surface area contributed by atoms with Crippen molar-refractivity contribution in [3.05, 3.63) is 57.6 Å². The van der Waals surface area contributed by atoms with Crippen LogP contribution in [-0.2, 0) is 20.6 Å². The Kier molecular flexibility index (Phi) is 8.50. The quantitative estimate of drug-likeness (QED) is 0.563. The maximum Gasteiger partial charge on any atom is 0.224 e. The fourth-order valence-electron chi connectivity index (χ4n) is 3.92. The molecule has 1 fully saturated rings. The van der Waals surface area contributed by atoms with Crippen molar-refractivity contribution in [1.29, 1.82) is 0 Å². The maximum absolute atomic E-state index is 13.0. The first-order chi connectivity index (χ1) is 15.6. The highest BCUT2D eigenvalue weighted by atomic mass is 35.5. The predicted molar refractivity (Wildman–Crippen MR) is 129 cm³/mol. The Balaban J connectivity index is 1.69. The van der Waals surface area contributed by atoms with Gasteiger partial charge in [-0.05, 0) is 55.7 Å². The van der Waals surface area contributed by atoms with Gasteiger partial charge in [0.25, 0.3) is 0 Å². The Bertz CT molecular complexity index is 1110. The summed E-state index contributed by atoms with van der Waals surface area (Å²) >= 11 is 12.1. The van der Waals surface area contributed by atoms with Crippen molar-refractivity contribution in [1.82, 2.24) is 9.62 Å². The van der Waals surface area contributed by atoms with E-state index in [0.29, 0.717) is 46.5 Å². The Hall–Kier alpha value is -2.00. The van der Waals surface area contributed by atoms with E-state index in [1.807, 2.05) is 13.0 Å². The molecule has 2 atom stereocenters. The summed E-state index contributed by atoms with van der Waals surface area (Å²) in [4.78, 5) is 13.0. The van der Waals surface area contributed by atoms with Gasteiger partial charge in [-0.15, -0.1) is 0 Å². The summed E-state index contributed by atoms with van der Waals surface area (Å²) < 4.78 is 38.1. The van der Waals surface area contributed by atoms with Crippen LogP contribution < -0.4 is 14.8 Å². The van der Waals surface area contributed by atoms with Crippen molar-refractivity contribution in [2.75, 3.05) is 27.3 Å². The van der Waals surface area contributed by atoms with Crippen LogP contribution in [0.15, 0.2) is 36.4 Å². The second kappa shape index (κ2) is 11.0. The summed E-state index contributed by atoms with van der Waals surface area (Å²) in [5, 5.41) is 3.74. The van der Waals surface area contributed by atoms with Crippen LogP contribution >= 0.6 is 23.2 Å². The first-order valence-electron chi connectivity index (χ1n) is 10.6. The van der Waals surface area contributed by atoms with Gasteiger partial charge in [-0.3, -0.25) is 4.79 Å². The standard InChI is InChI=1S/C23H28Cl2N2O5S/c1-15(20-12-19(31-2)8-9-22(20)32-3)26-23(28)16-5-4-10-27(13-16)33(29,30)14-17-6-7-18(24)11-21(17)25/h6-9,11-12,15-16H,4-5,10,13-14H2,1-3H3,(H,26,28)/t15-,16-/m1/s1. The van der Waals surface area contributed by atoms with Gasteiger partial charge in [0.1, 0.15) is 11.5 Å². The van der Waals surface area contributed by atoms with Crippen LogP contribution in [-0.4, -0.2) is 45.9 Å². The molecule has 180 valence electrons. The molecule has 0 bridgehead atoms. The Morgan fingerprint density at radius 2 is 1.94 bits per heavy atom. The van der Waals surface area contributed by atoms with E-state index >= 15 is 0 Å². The first kappa shape index (κ1) is 25.6. The average molecular weight is 515 g/mol. The number of hydrogen-bond donors (Lipinski definition) is 1. The molecular formula is C23H28Cl2N2O5S. The molecule has 1 amide bonds. The molecular weight excluding hydrogens is 487 g/mol. The average Bonchev–Trinajstić information content (AvgIpc) is 2.80. The van der Waals surface area contributed by atoms with Crippen molar-refractivity contribution in [3.63, 3.8) is 0 Å². The number of nitrogens with zero attached hydrogens (tertiary/aromatic N) is 1. The van der Waals surface area contributed by atoms with Crippen LogP contribution in [0.3, 0.4) is 0 Å². The first-order valence-corrected chi connectivity index (χ1v) is 12.9. The predicted octanol–water partition coefficient (Wildman–Crippen LogP) is 4.43. The van der Waals surface area contributed by atoms with Gasteiger partial charge in [0.2, 0.25) is 15.9 Å². The third-order valence-electron chi connectivity index (χ3n) is 5.76. The lowest BCUT2D eigenvalue weighted by Gasteiger charge is -2.32. The number of hydrogen-bond acceptors (Lipinski definition) is 5. The molecule has 7 nitrogen and oxygen atoms in total. The maximum atomic E-state index is 13.0. The van der Waals surface area contributed by atoms with E-state index in [4.69, 9.17) is 32.7 Å². The van der Waals surface area contributed by atoms with Gasteiger partial charge in [-0.2, -0.15) is 0 Å². The highest BCUT2D eigenvalue weighted by Gasteiger charge is 2.33. The van der Waals surface area contributed by atoms with E-state index in [0.717, 1.165) is 5.56 Å². The monoisotopic (exact) mass is 514 g/mol. The van der Waals surface area contributed by atoms with E-state index < -0.39 is 15.9 Å². The molecule has 0 saturated carbocycles. The van der Waals surface area contributed by atoms with Crippen molar-refractivity contribution < 1.29 is 22.7 Å². The number of benzene rings is 2. The van der Waals surface area contributed by atoms with E-state index in [2.05, 4.69) is 5.32 Å². The second-order valence-corrected chi connectivity index (χ2v) is 10.8. The largest absolute Gasteiger partial charge is 0.497 e. The smallest absolute Gasteiger partial charge is 0.224 e. The Morgan fingerprint density at radius 3 is 2.61 bits per heavy atom. The lowest BCUT2D eigenvalue weighted by atomic mass is 9.97. The summed E-state index contributed by atoms with van der Waals surface area (Å²) in [5.74, 6) is 0.401. The van der Waals surface area contributed by atoms with Gasteiger partial charge in [0.05, 0.1) is 31.9 Å². The molecule has 1 N–H and O–H groups in total. The summed E-state index contributed by atoms with van der Waals surface area (Å²) in [7, 11) is -0.511. The summed E-state index contributed by atoms with van der Waals surface area (Å²) in [6.45, 7) is 2.35.